The number of nitrogens with zero attached hydrogens (tertiary/aromatic N) is 3. The number of hydrogen-bond acceptors (Lipinski definition) is 4. The van der Waals surface area contributed by atoms with Crippen molar-refractivity contribution in [1.29, 1.82) is 0 Å². The number of ether oxygens (including phenoxy) is 1. The molecular formula is C28H24F3N3O2. The van der Waals surface area contributed by atoms with Crippen molar-refractivity contribution in [2.75, 3.05) is 38.2 Å². The van der Waals surface area contributed by atoms with Gasteiger partial charge in [-0.05, 0) is 42.5 Å². The van der Waals surface area contributed by atoms with Crippen molar-refractivity contribution in [3.05, 3.63) is 90.0 Å². The van der Waals surface area contributed by atoms with Crippen molar-refractivity contribution >= 4 is 22.5 Å². The molecule has 2 heterocycles. The second kappa shape index (κ2) is 9.53. The molecule has 1 amide bonds. The average Bonchev–Trinajstić information content (AvgIpc) is 2.92. The Bertz CT molecular complexity index is 1410. The summed E-state index contributed by atoms with van der Waals surface area (Å²) in [6.45, 7) is 1.69. The number of piperazine rings is 1. The molecule has 0 spiro atoms. The van der Waals surface area contributed by atoms with Crippen LogP contribution in [0.15, 0.2) is 78.9 Å². The molecule has 1 fully saturated rings. The molecule has 3 aromatic carbocycles. The third kappa shape index (κ3) is 4.71. The van der Waals surface area contributed by atoms with E-state index in [1.165, 1.54) is 6.07 Å². The van der Waals surface area contributed by atoms with Crippen LogP contribution >= 0.6 is 0 Å². The number of alkyl halides is 3. The first-order valence-electron chi connectivity index (χ1n) is 11.6. The monoisotopic (exact) mass is 491 g/mol. The molecule has 0 atom stereocenters. The van der Waals surface area contributed by atoms with E-state index in [-0.39, 0.29) is 5.91 Å². The SMILES string of the molecule is COc1cccc(-c2cc(C(=O)N3CCN(c4cccc(C(F)(F)F)c4)CC3)c3ccccc3n2)c1. The number of halogens is 3. The zero-order chi connectivity index (χ0) is 25.3. The predicted octanol–water partition coefficient (Wildman–Crippen LogP) is 5.89. The Balaban J connectivity index is 1.41. The first kappa shape index (κ1) is 23.7. The Morgan fingerprint density at radius 3 is 2.39 bits per heavy atom. The van der Waals surface area contributed by atoms with Gasteiger partial charge < -0.3 is 14.5 Å². The zero-order valence-electron chi connectivity index (χ0n) is 19.6. The Morgan fingerprint density at radius 1 is 0.889 bits per heavy atom. The Hall–Kier alpha value is -4.07. The highest BCUT2D eigenvalue weighted by Gasteiger charge is 2.31. The van der Waals surface area contributed by atoms with E-state index in [0.717, 1.165) is 23.1 Å². The molecule has 5 rings (SSSR count). The lowest BCUT2D eigenvalue weighted by atomic mass is 10.0. The lowest BCUT2D eigenvalue weighted by Crippen LogP contribution is -2.48. The molecular weight excluding hydrogens is 467 g/mol. The molecule has 1 aliphatic rings. The molecule has 0 aliphatic carbocycles. The average molecular weight is 492 g/mol. The minimum Gasteiger partial charge on any atom is -0.497 e. The third-order valence-corrected chi connectivity index (χ3v) is 6.42. The first-order chi connectivity index (χ1) is 17.3. The molecule has 1 saturated heterocycles. The van der Waals surface area contributed by atoms with Gasteiger partial charge >= 0.3 is 6.18 Å². The largest absolute Gasteiger partial charge is 0.497 e. The summed E-state index contributed by atoms with van der Waals surface area (Å²) in [5.41, 5.74) is 2.59. The highest BCUT2D eigenvalue weighted by atomic mass is 19.4. The first-order valence-corrected chi connectivity index (χ1v) is 11.6. The van der Waals surface area contributed by atoms with E-state index in [4.69, 9.17) is 9.72 Å². The highest BCUT2D eigenvalue weighted by molar-refractivity contribution is 6.07. The van der Waals surface area contributed by atoms with Crippen LogP contribution in [0.4, 0.5) is 18.9 Å². The molecule has 1 aliphatic heterocycles. The summed E-state index contributed by atoms with van der Waals surface area (Å²) in [5, 5.41) is 0.759. The van der Waals surface area contributed by atoms with Gasteiger partial charge in [-0.1, -0.05) is 36.4 Å². The Kier molecular flexibility index (Phi) is 6.26. The minimum atomic E-state index is -4.39. The Labute approximate surface area is 206 Å². The number of amides is 1. The van der Waals surface area contributed by atoms with E-state index >= 15 is 0 Å². The van der Waals surface area contributed by atoms with Gasteiger partial charge in [0.15, 0.2) is 0 Å². The van der Waals surface area contributed by atoms with Gasteiger partial charge in [-0.25, -0.2) is 4.98 Å². The molecule has 0 N–H and O–H groups in total. The van der Waals surface area contributed by atoms with Crippen molar-refractivity contribution < 1.29 is 22.7 Å². The molecule has 0 radical (unpaired) electrons. The topological polar surface area (TPSA) is 45.7 Å². The third-order valence-electron chi connectivity index (χ3n) is 6.42. The highest BCUT2D eigenvalue weighted by Crippen LogP contribution is 2.32. The Morgan fingerprint density at radius 2 is 1.64 bits per heavy atom. The number of benzene rings is 3. The fraction of sp³-hybridized carbons (Fsp3) is 0.214. The van der Waals surface area contributed by atoms with Crippen LogP contribution in [0.2, 0.25) is 0 Å². The zero-order valence-corrected chi connectivity index (χ0v) is 19.6. The van der Waals surface area contributed by atoms with Gasteiger partial charge in [0.25, 0.3) is 5.91 Å². The van der Waals surface area contributed by atoms with Gasteiger partial charge in [-0.15, -0.1) is 0 Å². The van der Waals surface area contributed by atoms with Gasteiger partial charge in [-0.2, -0.15) is 13.2 Å². The van der Waals surface area contributed by atoms with Crippen molar-refractivity contribution in [3.8, 4) is 17.0 Å². The standard InChI is InChI=1S/C28H24F3N3O2/c1-36-22-9-4-6-19(16-22)26-18-24(23-10-2-3-11-25(23)32-26)27(35)34-14-12-33(13-15-34)21-8-5-7-20(17-21)28(29,30)31/h2-11,16-18H,12-15H2,1H3. The van der Waals surface area contributed by atoms with Crippen LogP contribution in [0.3, 0.4) is 0 Å². The molecule has 1 aromatic heterocycles. The molecule has 0 bridgehead atoms. The van der Waals surface area contributed by atoms with Crippen molar-refractivity contribution in [1.82, 2.24) is 9.88 Å². The molecule has 0 unspecified atom stereocenters. The van der Waals surface area contributed by atoms with Crippen molar-refractivity contribution in [3.63, 3.8) is 0 Å². The summed E-state index contributed by atoms with van der Waals surface area (Å²) in [4.78, 5) is 22.0. The fourth-order valence-corrected chi connectivity index (χ4v) is 4.50. The smallest absolute Gasteiger partial charge is 0.416 e. The van der Waals surface area contributed by atoms with Gasteiger partial charge in [0.2, 0.25) is 0 Å². The summed E-state index contributed by atoms with van der Waals surface area (Å²) >= 11 is 0. The van der Waals surface area contributed by atoms with Crippen molar-refractivity contribution in [2.45, 2.75) is 6.18 Å². The van der Waals surface area contributed by atoms with E-state index in [1.807, 2.05) is 53.4 Å². The van der Waals surface area contributed by atoms with Crippen molar-refractivity contribution in [2.24, 2.45) is 0 Å². The summed E-state index contributed by atoms with van der Waals surface area (Å²) in [7, 11) is 1.60. The molecule has 5 nitrogen and oxygen atoms in total. The van der Waals surface area contributed by atoms with E-state index in [1.54, 1.807) is 24.1 Å². The number of methoxy groups -OCH3 is 1. The van der Waals surface area contributed by atoms with Crippen LogP contribution in [0.5, 0.6) is 5.75 Å². The summed E-state index contributed by atoms with van der Waals surface area (Å²) < 4.78 is 44.7. The number of rotatable bonds is 4. The van der Waals surface area contributed by atoms with Crippen LogP contribution in [-0.4, -0.2) is 49.1 Å². The van der Waals surface area contributed by atoms with E-state index in [2.05, 4.69) is 0 Å². The number of fused-ring (bicyclic) bond motifs is 1. The second-order valence-corrected chi connectivity index (χ2v) is 8.63. The van der Waals surface area contributed by atoms with Gasteiger partial charge in [0.1, 0.15) is 5.75 Å². The molecule has 4 aromatic rings. The summed E-state index contributed by atoms with van der Waals surface area (Å²) in [6.07, 6.45) is -4.39. The van der Waals surface area contributed by atoms with Crippen LogP contribution < -0.4 is 9.64 Å². The van der Waals surface area contributed by atoms with Gasteiger partial charge in [0, 0.05) is 42.8 Å². The maximum atomic E-state index is 13.7. The van der Waals surface area contributed by atoms with E-state index in [9.17, 15) is 18.0 Å². The molecule has 0 saturated carbocycles. The quantitative estimate of drug-likeness (QED) is 0.357. The number of carbonyl (C=O) groups is 1. The number of carbonyl (C=O) groups excluding carboxylic acids is 1. The number of aromatic nitrogens is 1. The predicted molar refractivity (Wildman–Crippen MR) is 133 cm³/mol. The molecule has 36 heavy (non-hydrogen) atoms. The van der Waals surface area contributed by atoms with E-state index in [0.29, 0.717) is 54.4 Å². The maximum Gasteiger partial charge on any atom is 0.416 e. The van der Waals surface area contributed by atoms with Crippen LogP contribution in [0.1, 0.15) is 15.9 Å². The fourth-order valence-electron chi connectivity index (χ4n) is 4.50. The van der Waals surface area contributed by atoms with Crippen LogP contribution in [0, 0.1) is 0 Å². The lowest BCUT2D eigenvalue weighted by molar-refractivity contribution is -0.137. The summed E-state index contributed by atoms with van der Waals surface area (Å²) in [5.74, 6) is 0.572. The number of anilines is 1. The summed E-state index contributed by atoms with van der Waals surface area (Å²) in [6, 6.07) is 22.1. The molecule has 8 heteroatoms. The number of para-hydroxylation sites is 1. The lowest BCUT2D eigenvalue weighted by Gasteiger charge is -2.36. The second-order valence-electron chi connectivity index (χ2n) is 8.63. The normalized spacial score (nSPS) is 14.2. The van der Waals surface area contributed by atoms with Gasteiger partial charge in [-0.3, -0.25) is 4.79 Å². The minimum absolute atomic E-state index is 0.124. The van der Waals surface area contributed by atoms with E-state index < -0.39 is 11.7 Å². The maximum absolute atomic E-state index is 13.7. The number of hydrogen-bond donors (Lipinski definition) is 0. The van der Waals surface area contributed by atoms with Gasteiger partial charge in [0.05, 0.1) is 29.4 Å². The molecule has 184 valence electrons. The van der Waals surface area contributed by atoms with Crippen LogP contribution in [0.25, 0.3) is 22.2 Å². The van der Waals surface area contributed by atoms with Crippen LogP contribution in [-0.2, 0) is 6.18 Å². The number of pyridine rings is 1.